The summed E-state index contributed by atoms with van der Waals surface area (Å²) in [6.07, 6.45) is 0.288. The quantitative estimate of drug-likeness (QED) is 0.737. The van der Waals surface area contributed by atoms with Crippen LogP contribution in [0.5, 0.6) is 5.75 Å². The van der Waals surface area contributed by atoms with E-state index in [2.05, 4.69) is 5.32 Å². The molecular formula is C18H24N2O4. The molecule has 2 heterocycles. The fourth-order valence-electron chi connectivity index (χ4n) is 4.63. The maximum Gasteiger partial charge on any atom is 0.408 e. The van der Waals surface area contributed by atoms with Crippen LogP contribution in [0.25, 0.3) is 0 Å². The molecule has 6 heteroatoms. The molecule has 1 aromatic rings. The van der Waals surface area contributed by atoms with Crippen molar-refractivity contribution >= 4 is 12.0 Å². The molecule has 3 N–H and O–H groups in total. The van der Waals surface area contributed by atoms with Gasteiger partial charge in [0.05, 0.1) is 5.54 Å². The summed E-state index contributed by atoms with van der Waals surface area (Å²) >= 11 is 0. The van der Waals surface area contributed by atoms with Crippen molar-refractivity contribution in [2.45, 2.75) is 51.1 Å². The predicted octanol–water partition coefficient (Wildman–Crippen LogP) is 2.67. The van der Waals surface area contributed by atoms with Crippen LogP contribution in [-0.4, -0.2) is 39.2 Å². The van der Waals surface area contributed by atoms with Crippen molar-refractivity contribution in [3.05, 3.63) is 29.8 Å². The van der Waals surface area contributed by atoms with Crippen molar-refractivity contribution in [3.63, 3.8) is 0 Å². The van der Waals surface area contributed by atoms with Crippen LogP contribution in [-0.2, 0) is 10.3 Å². The van der Waals surface area contributed by atoms with Crippen LogP contribution in [0.3, 0.4) is 0 Å². The molecule has 0 saturated carbocycles. The van der Waals surface area contributed by atoms with E-state index in [0.29, 0.717) is 31.4 Å². The van der Waals surface area contributed by atoms with E-state index < -0.39 is 22.6 Å². The number of hydrogen-bond acceptors (Lipinski definition) is 3. The Morgan fingerprint density at radius 1 is 1.21 bits per heavy atom. The molecule has 1 spiro atoms. The fraction of sp³-hybridized carbons (Fsp3) is 0.556. The minimum absolute atomic E-state index is 0.0640. The number of aromatic hydroxyl groups is 1. The molecule has 3 rings (SSSR count). The van der Waals surface area contributed by atoms with Gasteiger partial charge in [0.15, 0.2) is 0 Å². The van der Waals surface area contributed by atoms with Crippen LogP contribution in [0.15, 0.2) is 24.3 Å². The molecule has 2 aliphatic rings. The van der Waals surface area contributed by atoms with Crippen molar-refractivity contribution in [2.24, 2.45) is 5.41 Å². The second-order valence-corrected chi connectivity index (χ2v) is 7.78. The Kier molecular flexibility index (Phi) is 3.55. The highest BCUT2D eigenvalue weighted by Crippen LogP contribution is 2.59. The van der Waals surface area contributed by atoms with Gasteiger partial charge in [0.2, 0.25) is 5.91 Å². The van der Waals surface area contributed by atoms with Crippen LogP contribution in [0.1, 0.15) is 45.6 Å². The Balaban J connectivity index is 2.29. The summed E-state index contributed by atoms with van der Waals surface area (Å²) in [6.45, 7) is 6.35. The molecule has 130 valence electrons. The molecule has 2 aliphatic heterocycles. The third kappa shape index (κ3) is 1.95. The lowest BCUT2D eigenvalue weighted by Gasteiger charge is -2.50. The van der Waals surface area contributed by atoms with Crippen LogP contribution in [0.4, 0.5) is 4.79 Å². The van der Waals surface area contributed by atoms with Gasteiger partial charge in [-0.2, -0.15) is 0 Å². The van der Waals surface area contributed by atoms with E-state index in [-0.39, 0.29) is 11.7 Å². The number of carboxylic acid groups (broad SMARTS) is 1. The Hall–Kier alpha value is -2.24. The first-order chi connectivity index (χ1) is 11.2. The van der Waals surface area contributed by atoms with Gasteiger partial charge in [-0.3, -0.25) is 9.69 Å². The van der Waals surface area contributed by atoms with Gasteiger partial charge in [0, 0.05) is 12.1 Å². The second-order valence-electron chi connectivity index (χ2n) is 7.78. The van der Waals surface area contributed by atoms with Gasteiger partial charge in [-0.05, 0) is 30.7 Å². The lowest BCUT2D eigenvalue weighted by atomic mass is 9.67. The number of hydrogen-bond donors (Lipinski definition) is 3. The number of nitrogens with zero attached hydrogens (tertiary/aromatic N) is 1. The third-order valence-electron chi connectivity index (χ3n) is 5.74. The summed E-state index contributed by atoms with van der Waals surface area (Å²) in [5.74, 6) is -0.166. The van der Waals surface area contributed by atoms with Crippen LogP contribution in [0, 0.1) is 5.41 Å². The summed E-state index contributed by atoms with van der Waals surface area (Å²) in [4.78, 5) is 26.2. The highest BCUT2D eigenvalue weighted by Gasteiger charge is 2.66. The van der Waals surface area contributed by atoms with E-state index in [4.69, 9.17) is 0 Å². The normalized spacial score (nSPS) is 30.0. The highest BCUT2D eigenvalue weighted by atomic mass is 16.4. The first-order valence-electron chi connectivity index (χ1n) is 8.27. The summed E-state index contributed by atoms with van der Waals surface area (Å²) in [5.41, 5.74) is -1.96. The Morgan fingerprint density at radius 2 is 1.88 bits per heavy atom. The van der Waals surface area contributed by atoms with Crippen molar-refractivity contribution < 1.29 is 19.8 Å². The molecule has 6 nitrogen and oxygen atoms in total. The minimum Gasteiger partial charge on any atom is -0.508 e. The maximum atomic E-state index is 12.6. The largest absolute Gasteiger partial charge is 0.508 e. The summed E-state index contributed by atoms with van der Waals surface area (Å²) < 4.78 is 0. The smallest absolute Gasteiger partial charge is 0.408 e. The Morgan fingerprint density at radius 3 is 2.38 bits per heavy atom. The first kappa shape index (κ1) is 16.6. The molecule has 2 amide bonds. The Labute approximate surface area is 141 Å². The molecule has 2 atom stereocenters. The van der Waals surface area contributed by atoms with Crippen LogP contribution < -0.4 is 5.32 Å². The SMILES string of the molecule is CC(C)(C)C1(c2ccccc2O)CCC2(CCNC2=O)N1C(=O)O. The molecule has 0 aliphatic carbocycles. The van der Waals surface area contributed by atoms with Crippen LogP contribution >= 0.6 is 0 Å². The van der Waals surface area contributed by atoms with Crippen molar-refractivity contribution in [2.75, 3.05) is 6.54 Å². The van der Waals surface area contributed by atoms with Crippen molar-refractivity contribution in [1.82, 2.24) is 10.2 Å². The van der Waals surface area contributed by atoms with Crippen molar-refractivity contribution in [3.8, 4) is 5.75 Å². The topological polar surface area (TPSA) is 89.9 Å². The zero-order valence-electron chi connectivity index (χ0n) is 14.3. The average molecular weight is 332 g/mol. The van der Waals surface area contributed by atoms with E-state index in [1.807, 2.05) is 20.8 Å². The minimum atomic E-state index is -1.12. The van der Waals surface area contributed by atoms with Crippen molar-refractivity contribution in [1.29, 1.82) is 0 Å². The number of benzene rings is 1. The van der Waals surface area contributed by atoms with Gasteiger partial charge in [0.25, 0.3) is 0 Å². The summed E-state index contributed by atoms with van der Waals surface area (Å²) in [6, 6.07) is 6.85. The predicted molar refractivity (Wildman–Crippen MR) is 88.7 cm³/mol. The molecule has 0 aromatic heterocycles. The van der Waals surface area contributed by atoms with Gasteiger partial charge < -0.3 is 15.5 Å². The highest BCUT2D eigenvalue weighted by molar-refractivity contribution is 5.93. The van der Waals surface area contributed by atoms with Crippen LogP contribution in [0.2, 0.25) is 0 Å². The van der Waals surface area contributed by atoms with E-state index >= 15 is 0 Å². The zero-order chi connectivity index (χ0) is 17.8. The van der Waals surface area contributed by atoms with Gasteiger partial charge >= 0.3 is 6.09 Å². The van der Waals surface area contributed by atoms with Gasteiger partial charge in [-0.15, -0.1) is 0 Å². The number of carbonyl (C=O) groups is 2. The van der Waals surface area contributed by atoms with E-state index in [1.165, 1.54) is 4.90 Å². The standard InChI is InChI=1S/C18H24N2O4/c1-16(2,3)18(12-6-4-5-7-13(12)21)9-8-17(20(18)15(23)24)10-11-19-14(17)22/h4-7,21H,8-11H2,1-3H3,(H,19,22)(H,23,24). The number of amides is 2. The molecule has 2 unspecified atom stereocenters. The molecule has 0 radical (unpaired) electrons. The van der Waals surface area contributed by atoms with E-state index in [1.54, 1.807) is 24.3 Å². The molecule has 1 aromatic carbocycles. The number of nitrogens with one attached hydrogen (secondary N) is 1. The molecular weight excluding hydrogens is 308 g/mol. The summed E-state index contributed by atoms with van der Waals surface area (Å²) in [7, 11) is 0. The molecule has 24 heavy (non-hydrogen) atoms. The number of phenolic OH excluding ortho intramolecular Hbond substituents is 1. The number of rotatable bonds is 1. The second kappa shape index (κ2) is 5.13. The molecule has 2 saturated heterocycles. The number of para-hydroxylation sites is 1. The first-order valence-corrected chi connectivity index (χ1v) is 8.27. The number of phenols is 1. The monoisotopic (exact) mass is 332 g/mol. The van der Waals surface area contributed by atoms with Gasteiger partial charge in [-0.1, -0.05) is 39.0 Å². The number of likely N-dealkylation sites (tertiary alicyclic amines) is 1. The zero-order valence-corrected chi connectivity index (χ0v) is 14.3. The van der Waals surface area contributed by atoms with Gasteiger partial charge in [-0.25, -0.2) is 4.79 Å². The number of carbonyl (C=O) groups excluding carboxylic acids is 1. The van der Waals surface area contributed by atoms with E-state index in [9.17, 15) is 19.8 Å². The lowest BCUT2D eigenvalue weighted by Crippen LogP contribution is -2.62. The fourth-order valence-corrected chi connectivity index (χ4v) is 4.63. The van der Waals surface area contributed by atoms with Gasteiger partial charge in [0.1, 0.15) is 11.3 Å². The third-order valence-corrected chi connectivity index (χ3v) is 5.74. The molecule has 2 fully saturated rings. The van der Waals surface area contributed by atoms with E-state index in [0.717, 1.165) is 0 Å². The summed E-state index contributed by atoms with van der Waals surface area (Å²) in [5, 5.41) is 23.3. The Bertz CT molecular complexity index is 697. The average Bonchev–Trinajstić information content (AvgIpc) is 3.02. The molecule has 0 bridgehead atoms. The maximum absolute atomic E-state index is 12.6. The lowest BCUT2D eigenvalue weighted by molar-refractivity contribution is -0.131.